The molecule has 0 amide bonds. The summed E-state index contributed by atoms with van der Waals surface area (Å²) in [6, 6.07) is 20.7. The minimum absolute atomic E-state index is 0.586. The van der Waals surface area contributed by atoms with Crippen LogP contribution < -0.4 is 0 Å². The minimum atomic E-state index is -0.826. The van der Waals surface area contributed by atoms with Gasteiger partial charge in [0.05, 0.1) is 0 Å². The predicted octanol–water partition coefficient (Wildman–Crippen LogP) is 7.79. The van der Waals surface area contributed by atoms with Crippen LogP contribution in [-0.4, -0.2) is 4.98 Å². The van der Waals surface area contributed by atoms with Gasteiger partial charge in [0.2, 0.25) is 0 Å². The summed E-state index contributed by atoms with van der Waals surface area (Å²) < 4.78 is 0. The Morgan fingerprint density at radius 2 is 1.04 bits per heavy atom. The molecule has 0 unspecified atom stereocenters. The number of aromatic nitrogens is 1. The molecule has 0 aliphatic carbocycles. The van der Waals surface area contributed by atoms with Crippen molar-refractivity contribution in [1.29, 1.82) is 0 Å². The average Bonchev–Trinajstić information content (AvgIpc) is 2.67. The Hall–Kier alpha value is -1.35. The van der Waals surface area contributed by atoms with E-state index in [0.717, 1.165) is 22.8 Å². The Kier molecular flexibility index (Phi) is 10.0. The Bertz CT molecular complexity index is 785. The molecule has 2 aromatic carbocycles. The van der Waals surface area contributed by atoms with Crippen molar-refractivity contribution in [2.24, 2.45) is 0 Å². The molecule has 0 radical (unpaired) electrons. The van der Waals surface area contributed by atoms with Gasteiger partial charge in [-0.3, -0.25) is 4.98 Å². The maximum absolute atomic E-state index is 4.93. The zero-order chi connectivity index (χ0) is 20.4. The van der Waals surface area contributed by atoms with E-state index in [4.69, 9.17) is 22.0 Å². The van der Waals surface area contributed by atoms with Crippen LogP contribution in [0.4, 0.5) is 11.4 Å². The molecule has 0 atom stereocenters. The number of hydrogen-bond acceptors (Lipinski definition) is 1. The summed E-state index contributed by atoms with van der Waals surface area (Å²) in [5, 5.41) is 9.27. The van der Waals surface area contributed by atoms with Crippen LogP contribution in [0.25, 0.3) is 10.6 Å². The van der Waals surface area contributed by atoms with E-state index in [1.54, 1.807) is 0 Å². The summed E-state index contributed by atoms with van der Waals surface area (Å²) in [4.78, 5) is 4.71. The molecule has 1 aromatic heterocycles. The third kappa shape index (κ3) is 8.35. The Morgan fingerprint density at radius 1 is 0.679 bits per heavy atom. The van der Waals surface area contributed by atoms with Crippen molar-refractivity contribution >= 4 is 28.4 Å². The van der Waals surface area contributed by atoms with Crippen LogP contribution >= 0.6 is 17.0 Å². The molecule has 0 aliphatic rings. The van der Waals surface area contributed by atoms with Gasteiger partial charge in [0.25, 0.3) is 0 Å². The molecule has 0 saturated carbocycles. The van der Waals surface area contributed by atoms with Crippen LogP contribution in [0.3, 0.4) is 0 Å². The van der Waals surface area contributed by atoms with Gasteiger partial charge in [-0.2, -0.15) is 0 Å². The molecular weight excluding hydrogens is 468 g/mol. The van der Waals surface area contributed by atoms with Crippen molar-refractivity contribution < 1.29 is 20.8 Å². The Morgan fingerprint density at radius 3 is 1.39 bits per heavy atom. The maximum atomic E-state index is 4.93. The van der Waals surface area contributed by atoms with E-state index in [1.165, 1.54) is 16.7 Å². The zero-order valence-electron chi connectivity index (χ0n) is 16.3. The van der Waals surface area contributed by atoms with E-state index < -0.39 is 20.8 Å². The first-order valence-corrected chi connectivity index (χ1v) is 15.2. The molecule has 28 heavy (non-hydrogen) atoms. The first-order valence-electron chi connectivity index (χ1n) is 8.91. The van der Waals surface area contributed by atoms with Gasteiger partial charge in [0.1, 0.15) is 0 Å². The number of aryl methyl sites for hydroxylation is 3. The summed E-state index contributed by atoms with van der Waals surface area (Å²) in [6.45, 7) is 7.42. The van der Waals surface area contributed by atoms with E-state index in [0.29, 0.717) is 13.1 Å². The van der Waals surface area contributed by atoms with Crippen molar-refractivity contribution in [2.45, 2.75) is 33.9 Å². The summed E-state index contributed by atoms with van der Waals surface area (Å²) in [7, 11) is 9.87. The Labute approximate surface area is 186 Å². The number of pyridine rings is 1. The molecule has 6 heteroatoms. The van der Waals surface area contributed by atoms with Gasteiger partial charge in [-0.1, -0.05) is 72.7 Å². The van der Waals surface area contributed by atoms with Gasteiger partial charge >= 0.3 is 37.9 Å². The van der Waals surface area contributed by atoms with Crippen LogP contribution in [0, 0.1) is 20.8 Å². The summed E-state index contributed by atoms with van der Waals surface area (Å²) >= 11 is -0.826. The van der Waals surface area contributed by atoms with Crippen molar-refractivity contribution in [2.75, 3.05) is 0 Å². The van der Waals surface area contributed by atoms with Gasteiger partial charge in [0.15, 0.2) is 0 Å². The van der Waals surface area contributed by atoms with E-state index in [2.05, 4.69) is 67.8 Å². The fourth-order valence-electron chi connectivity index (χ4n) is 2.62. The van der Waals surface area contributed by atoms with Crippen LogP contribution in [0.1, 0.15) is 28.1 Å². The van der Waals surface area contributed by atoms with Gasteiger partial charge < -0.3 is 10.6 Å². The Balaban J connectivity index is 0.000000878. The van der Waals surface area contributed by atoms with Crippen molar-refractivity contribution in [3.8, 4) is 0 Å². The normalized spacial score (nSPS) is 9.75. The predicted molar refractivity (Wildman–Crippen MR) is 116 cm³/mol. The summed E-state index contributed by atoms with van der Waals surface area (Å²) in [6.07, 6.45) is 0. The number of benzene rings is 2. The second kappa shape index (κ2) is 12.3. The third-order valence-electron chi connectivity index (χ3n) is 3.99. The van der Waals surface area contributed by atoms with E-state index in [9.17, 15) is 0 Å². The second-order valence-electron chi connectivity index (χ2n) is 6.50. The number of rotatable bonds is 6. The second-order valence-corrected chi connectivity index (χ2v) is 10.2. The van der Waals surface area contributed by atoms with Crippen molar-refractivity contribution in [3.05, 3.63) is 99.4 Å². The van der Waals surface area contributed by atoms with Crippen LogP contribution in [-0.2, 0) is 33.9 Å². The van der Waals surface area contributed by atoms with Crippen LogP contribution in [0.15, 0.2) is 60.7 Å². The molecule has 3 nitrogen and oxygen atoms in total. The first kappa shape index (κ1) is 22.9. The molecule has 1 heterocycles. The number of hydrogen-bond donors (Lipinski definition) is 0. The van der Waals surface area contributed by atoms with Crippen LogP contribution in [0.2, 0.25) is 0 Å². The SMILES string of the molecule is Cc1ccc([N-]Cc2cc(C)cc(C[N-]c3ccc(C)cc3)n2)cc1.[Cl][Zr+2][Cl]. The fourth-order valence-corrected chi connectivity index (χ4v) is 2.62. The molecule has 3 aromatic rings. The summed E-state index contributed by atoms with van der Waals surface area (Å²) in [5.74, 6) is 0. The number of halogens is 2. The average molecular weight is 492 g/mol. The molecule has 0 spiro atoms. The zero-order valence-corrected chi connectivity index (χ0v) is 20.3. The van der Waals surface area contributed by atoms with E-state index in [1.807, 2.05) is 24.3 Å². The van der Waals surface area contributed by atoms with Crippen LogP contribution in [0.5, 0.6) is 0 Å². The molecule has 0 N–H and O–H groups in total. The molecule has 0 saturated heterocycles. The topological polar surface area (TPSA) is 41.1 Å². The molecule has 0 fully saturated rings. The molecule has 0 aliphatic heterocycles. The molecular formula is C22H23Cl2N3Zr. The van der Waals surface area contributed by atoms with E-state index in [-0.39, 0.29) is 0 Å². The standard InChI is InChI=1S/C22H23N3.2ClH.Zr/c1-16-4-8-19(9-5-16)23-14-21-12-18(3)13-22(25-21)15-24-20-10-6-17(2)7-11-20;;;/h4-13H,14-15H2,1-3H3;2*1H;/q-2;;;+4/p-2. The molecule has 144 valence electrons. The first-order chi connectivity index (χ1) is 13.5. The summed E-state index contributed by atoms with van der Waals surface area (Å²) in [5.41, 5.74) is 7.61. The third-order valence-corrected chi connectivity index (χ3v) is 3.99. The fraction of sp³-hybridized carbons (Fsp3) is 0.227. The molecule has 3 rings (SSSR count). The van der Waals surface area contributed by atoms with Gasteiger partial charge in [0, 0.05) is 11.4 Å². The monoisotopic (exact) mass is 489 g/mol. The van der Waals surface area contributed by atoms with Crippen molar-refractivity contribution in [3.63, 3.8) is 0 Å². The van der Waals surface area contributed by atoms with Gasteiger partial charge in [-0.25, -0.2) is 0 Å². The molecule has 0 bridgehead atoms. The number of nitrogens with zero attached hydrogens (tertiary/aromatic N) is 3. The van der Waals surface area contributed by atoms with Crippen molar-refractivity contribution in [1.82, 2.24) is 4.98 Å². The van der Waals surface area contributed by atoms with E-state index >= 15 is 0 Å². The van der Waals surface area contributed by atoms with Gasteiger partial charge in [-0.05, 0) is 38.5 Å². The quantitative estimate of drug-likeness (QED) is 0.347. The van der Waals surface area contributed by atoms with Gasteiger partial charge in [-0.15, -0.1) is 11.4 Å².